The van der Waals surface area contributed by atoms with Crippen LogP contribution in [0.25, 0.3) is 0 Å². The zero-order valence-electron chi connectivity index (χ0n) is 7.22. The summed E-state index contributed by atoms with van der Waals surface area (Å²) in [6, 6.07) is 8.39. The van der Waals surface area contributed by atoms with Crippen molar-refractivity contribution in [1.82, 2.24) is 0 Å². The highest BCUT2D eigenvalue weighted by atomic mass is 79.9. The van der Waals surface area contributed by atoms with Gasteiger partial charge in [-0.05, 0) is 30.5 Å². The predicted molar refractivity (Wildman–Crippen MR) is 54.3 cm³/mol. The van der Waals surface area contributed by atoms with E-state index in [1.54, 1.807) is 7.11 Å². The van der Waals surface area contributed by atoms with E-state index in [1.165, 1.54) is 5.56 Å². The van der Waals surface area contributed by atoms with E-state index < -0.39 is 0 Å². The number of hydrogen-bond donors (Lipinski definition) is 0. The fourth-order valence-corrected chi connectivity index (χ4v) is 1.56. The molecule has 0 atom stereocenters. The monoisotopic (exact) mass is 228 g/mol. The van der Waals surface area contributed by atoms with Crippen molar-refractivity contribution in [3.63, 3.8) is 0 Å². The number of hydrogen-bond acceptors (Lipinski definition) is 1. The van der Waals surface area contributed by atoms with Gasteiger partial charge in [-0.15, -0.1) is 0 Å². The van der Waals surface area contributed by atoms with Crippen molar-refractivity contribution in [3.05, 3.63) is 34.3 Å². The van der Waals surface area contributed by atoms with Crippen LogP contribution in [0, 0.1) is 0 Å². The Labute approximate surface area is 81.9 Å². The Hall–Kier alpha value is -0.340. The van der Waals surface area contributed by atoms with Gasteiger partial charge >= 0.3 is 0 Å². The van der Waals surface area contributed by atoms with Gasteiger partial charge in [0, 0.05) is 18.2 Å². The molecule has 0 heterocycles. The molecule has 2 heteroatoms. The molecule has 0 N–H and O–H groups in total. The van der Waals surface area contributed by atoms with E-state index >= 15 is 0 Å². The van der Waals surface area contributed by atoms with Gasteiger partial charge in [-0.3, -0.25) is 0 Å². The molecule has 0 bridgehead atoms. The number of benzene rings is 1. The Morgan fingerprint density at radius 3 is 2.92 bits per heavy atom. The van der Waals surface area contributed by atoms with Crippen LogP contribution < -0.4 is 0 Å². The summed E-state index contributed by atoms with van der Waals surface area (Å²) in [6.45, 7) is 0.840. The third kappa shape index (κ3) is 3.37. The molecule has 0 aliphatic rings. The number of rotatable bonds is 4. The summed E-state index contributed by atoms with van der Waals surface area (Å²) in [7, 11) is 1.74. The van der Waals surface area contributed by atoms with E-state index in [1.807, 2.05) is 6.07 Å². The van der Waals surface area contributed by atoms with Crippen molar-refractivity contribution >= 4 is 15.9 Å². The van der Waals surface area contributed by atoms with E-state index in [0.717, 1.165) is 23.9 Å². The highest BCUT2D eigenvalue weighted by Gasteiger charge is 1.93. The van der Waals surface area contributed by atoms with Gasteiger partial charge in [-0.2, -0.15) is 0 Å². The lowest BCUT2D eigenvalue weighted by molar-refractivity contribution is 0.195. The Kier molecular flexibility index (Phi) is 4.33. The molecule has 1 aromatic rings. The van der Waals surface area contributed by atoms with Crippen molar-refractivity contribution in [2.75, 3.05) is 13.7 Å². The molecule has 0 fully saturated rings. The SMILES string of the molecule is COCCCc1cccc(Br)c1. The van der Waals surface area contributed by atoms with E-state index in [9.17, 15) is 0 Å². The molecule has 1 nitrogen and oxygen atoms in total. The van der Waals surface area contributed by atoms with Crippen LogP contribution in [0.3, 0.4) is 0 Å². The Balaban J connectivity index is 2.41. The minimum absolute atomic E-state index is 0.840. The highest BCUT2D eigenvalue weighted by molar-refractivity contribution is 9.10. The van der Waals surface area contributed by atoms with Crippen molar-refractivity contribution in [1.29, 1.82) is 0 Å². The summed E-state index contributed by atoms with van der Waals surface area (Å²) >= 11 is 3.44. The first-order valence-electron chi connectivity index (χ1n) is 4.06. The second-order valence-corrected chi connectivity index (χ2v) is 3.64. The molecule has 12 heavy (non-hydrogen) atoms. The van der Waals surface area contributed by atoms with E-state index in [0.29, 0.717) is 0 Å². The summed E-state index contributed by atoms with van der Waals surface area (Å²) in [6.07, 6.45) is 2.18. The normalized spacial score (nSPS) is 10.2. The van der Waals surface area contributed by atoms with Crippen LogP contribution in [-0.4, -0.2) is 13.7 Å². The second-order valence-electron chi connectivity index (χ2n) is 2.73. The quantitative estimate of drug-likeness (QED) is 0.721. The topological polar surface area (TPSA) is 9.23 Å². The van der Waals surface area contributed by atoms with Gasteiger partial charge in [0.05, 0.1) is 0 Å². The third-order valence-corrected chi connectivity index (χ3v) is 2.20. The van der Waals surface area contributed by atoms with E-state index in [4.69, 9.17) is 4.74 Å². The minimum Gasteiger partial charge on any atom is -0.385 e. The van der Waals surface area contributed by atoms with Gasteiger partial charge in [0.1, 0.15) is 0 Å². The average Bonchev–Trinajstić information content (AvgIpc) is 2.05. The molecule has 0 amide bonds. The average molecular weight is 229 g/mol. The maximum absolute atomic E-state index is 4.98. The fraction of sp³-hybridized carbons (Fsp3) is 0.400. The summed E-state index contributed by atoms with van der Waals surface area (Å²) in [5.74, 6) is 0. The molecule has 1 rings (SSSR count). The molecule has 0 aliphatic carbocycles. The van der Waals surface area contributed by atoms with Crippen LogP contribution in [0.5, 0.6) is 0 Å². The van der Waals surface area contributed by atoms with Gasteiger partial charge in [0.25, 0.3) is 0 Å². The van der Waals surface area contributed by atoms with Crippen LogP contribution >= 0.6 is 15.9 Å². The largest absolute Gasteiger partial charge is 0.385 e. The molecular formula is C10H13BrO. The molecule has 0 radical (unpaired) electrons. The summed E-state index contributed by atoms with van der Waals surface area (Å²) in [5.41, 5.74) is 1.36. The van der Waals surface area contributed by atoms with Crippen LogP contribution in [0.4, 0.5) is 0 Å². The number of ether oxygens (including phenoxy) is 1. The first kappa shape index (κ1) is 9.75. The summed E-state index contributed by atoms with van der Waals surface area (Å²) < 4.78 is 6.13. The van der Waals surface area contributed by atoms with Crippen molar-refractivity contribution in [2.45, 2.75) is 12.8 Å². The van der Waals surface area contributed by atoms with E-state index in [2.05, 4.69) is 34.1 Å². The molecule has 0 saturated carbocycles. The maximum atomic E-state index is 4.98. The number of methoxy groups -OCH3 is 1. The lowest BCUT2D eigenvalue weighted by Crippen LogP contribution is -1.92. The minimum atomic E-state index is 0.840. The number of aryl methyl sites for hydroxylation is 1. The van der Waals surface area contributed by atoms with Crippen LogP contribution in [0.2, 0.25) is 0 Å². The second kappa shape index (κ2) is 5.33. The standard InChI is InChI=1S/C10H13BrO/c1-12-7-3-5-9-4-2-6-10(11)8-9/h2,4,6,8H,3,5,7H2,1H3. The summed E-state index contributed by atoms with van der Waals surface area (Å²) in [5, 5.41) is 0. The molecule has 0 aliphatic heterocycles. The zero-order chi connectivity index (χ0) is 8.81. The molecular weight excluding hydrogens is 216 g/mol. The lowest BCUT2D eigenvalue weighted by Gasteiger charge is -2.00. The van der Waals surface area contributed by atoms with Gasteiger partial charge < -0.3 is 4.74 Å². The summed E-state index contributed by atoms with van der Waals surface area (Å²) in [4.78, 5) is 0. The van der Waals surface area contributed by atoms with Crippen molar-refractivity contribution < 1.29 is 4.74 Å². The molecule has 1 aromatic carbocycles. The predicted octanol–water partition coefficient (Wildman–Crippen LogP) is 3.03. The van der Waals surface area contributed by atoms with Crippen molar-refractivity contribution in [3.8, 4) is 0 Å². The van der Waals surface area contributed by atoms with E-state index in [-0.39, 0.29) is 0 Å². The Morgan fingerprint density at radius 1 is 1.42 bits per heavy atom. The fourth-order valence-electron chi connectivity index (χ4n) is 1.11. The number of halogens is 1. The molecule has 0 unspecified atom stereocenters. The van der Waals surface area contributed by atoms with Crippen LogP contribution in [0.1, 0.15) is 12.0 Å². The lowest BCUT2D eigenvalue weighted by atomic mass is 10.1. The van der Waals surface area contributed by atoms with Crippen LogP contribution in [-0.2, 0) is 11.2 Å². The van der Waals surface area contributed by atoms with Crippen LogP contribution in [0.15, 0.2) is 28.7 Å². The van der Waals surface area contributed by atoms with Crippen molar-refractivity contribution in [2.24, 2.45) is 0 Å². The smallest absolute Gasteiger partial charge is 0.0465 e. The van der Waals surface area contributed by atoms with Gasteiger partial charge in [0.2, 0.25) is 0 Å². The zero-order valence-corrected chi connectivity index (χ0v) is 8.80. The first-order chi connectivity index (χ1) is 5.83. The third-order valence-electron chi connectivity index (χ3n) is 1.70. The van der Waals surface area contributed by atoms with Gasteiger partial charge in [-0.1, -0.05) is 28.1 Å². The first-order valence-corrected chi connectivity index (χ1v) is 4.85. The Morgan fingerprint density at radius 2 is 2.25 bits per heavy atom. The highest BCUT2D eigenvalue weighted by Crippen LogP contribution is 2.12. The molecule has 0 spiro atoms. The van der Waals surface area contributed by atoms with Gasteiger partial charge in [0.15, 0.2) is 0 Å². The Bertz CT molecular complexity index is 235. The maximum Gasteiger partial charge on any atom is 0.0465 e. The molecule has 66 valence electrons. The molecule has 0 aromatic heterocycles. The van der Waals surface area contributed by atoms with Gasteiger partial charge in [-0.25, -0.2) is 0 Å². The molecule has 0 saturated heterocycles.